The third kappa shape index (κ3) is 2.16. The van der Waals surface area contributed by atoms with Crippen molar-refractivity contribution in [2.75, 3.05) is 6.54 Å². The van der Waals surface area contributed by atoms with Crippen molar-refractivity contribution in [3.8, 4) is 0 Å². The summed E-state index contributed by atoms with van der Waals surface area (Å²) in [6.45, 7) is 5.09. The molecule has 14 heavy (non-hydrogen) atoms. The monoisotopic (exact) mass is 255 g/mol. The molecule has 0 spiro atoms. The lowest BCUT2D eigenvalue weighted by atomic mass is 10.1. The molecule has 2 rings (SSSR count). The van der Waals surface area contributed by atoms with E-state index in [-0.39, 0.29) is 11.8 Å². The molecule has 0 aromatic heterocycles. The molecular weight excluding hydrogens is 242 g/mol. The molecule has 2 nitrogen and oxygen atoms in total. The number of ether oxygens (including phenoxy) is 1. The second-order valence-corrected chi connectivity index (χ2v) is 5.11. The van der Waals surface area contributed by atoms with E-state index in [1.165, 1.54) is 5.56 Å². The lowest BCUT2D eigenvalue weighted by Crippen LogP contribution is -2.23. The summed E-state index contributed by atoms with van der Waals surface area (Å²) < 4.78 is 6.94. The van der Waals surface area contributed by atoms with Crippen LogP contribution in [0.5, 0.6) is 0 Å². The topological polar surface area (TPSA) is 21.3 Å². The summed E-state index contributed by atoms with van der Waals surface area (Å²) in [4.78, 5) is 0. The second kappa shape index (κ2) is 3.65. The molecular formula is C11H14BrNO. The van der Waals surface area contributed by atoms with Crippen molar-refractivity contribution >= 4 is 15.9 Å². The molecule has 1 aliphatic rings. The Bertz CT molecular complexity index is 321. The third-order valence-corrected chi connectivity index (χ3v) is 2.85. The highest BCUT2D eigenvalue weighted by Crippen LogP contribution is 2.28. The van der Waals surface area contributed by atoms with Gasteiger partial charge in [-0.05, 0) is 31.5 Å². The third-order valence-electron chi connectivity index (χ3n) is 2.32. The maximum Gasteiger partial charge on any atom is 0.135 e. The van der Waals surface area contributed by atoms with Gasteiger partial charge in [0.05, 0.1) is 5.60 Å². The van der Waals surface area contributed by atoms with Gasteiger partial charge in [-0.1, -0.05) is 28.1 Å². The van der Waals surface area contributed by atoms with Crippen LogP contribution in [-0.2, 0) is 4.74 Å². The number of nitrogens with one attached hydrogen (secondary N) is 1. The molecule has 0 aliphatic carbocycles. The first-order valence-electron chi connectivity index (χ1n) is 4.73. The Labute approximate surface area is 92.8 Å². The van der Waals surface area contributed by atoms with Crippen LogP contribution < -0.4 is 5.32 Å². The van der Waals surface area contributed by atoms with Crippen molar-refractivity contribution in [3.05, 3.63) is 34.3 Å². The van der Waals surface area contributed by atoms with E-state index in [9.17, 15) is 0 Å². The number of hydrogen-bond acceptors (Lipinski definition) is 2. The van der Waals surface area contributed by atoms with E-state index >= 15 is 0 Å². The summed E-state index contributed by atoms with van der Waals surface area (Å²) in [6, 6.07) is 8.21. The predicted molar refractivity (Wildman–Crippen MR) is 60.0 cm³/mol. The Kier molecular flexibility index (Phi) is 2.64. The highest BCUT2D eigenvalue weighted by molar-refractivity contribution is 9.10. The molecule has 0 bridgehead atoms. The Hall–Kier alpha value is -0.380. The molecule has 1 aromatic rings. The Morgan fingerprint density at radius 2 is 2.00 bits per heavy atom. The highest BCUT2D eigenvalue weighted by atomic mass is 79.9. The molecule has 76 valence electrons. The van der Waals surface area contributed by atoms with E-state index in [1.807, 2.05) is 12.1 Å². The van der Waals surface area contributed by atoms with Crippen molar-refractivity contribution in [1.82, 2.24) is 5.32 Å². The maximum atomic E-state index is 5.85. The largest absolute Gasteiger partial charge is 0.352 e. The summed E-state index contributed by atoms with van der Waals surface area (Å²) in [5.74, 6) is 0. The van der Waals surface area contributed by atoms with Crippen LogP contribution in [-0.4, -0.2) is 12.1 Å². The molecule has 1 heterocycles. The first-order chi connectivity index (χ1) is 6.57. The Morgan fingerprint density at radius 3 is 2.50 bits per heavy atom. The zero-order valence-electron chi connectivity index (χ0n) is 8.38. The van der Waals surface area contributed by atoms with E-state index in [0.717, 1.165) is 11.0 Å². The average Bonchev–Trinajstić information content (AvgIpc) is 2.47. The van der Waals surface area contributed by atoms with Gasteiger partial charge in [0, 0.05) is 11.0 Å². The van der Waals surface area contributed by atoms with Gasteiger partial charge in [-0.3, -0.25) is 5.32 Å². The van der Waals surface area contributed by atoms with E-state index in [2.05, 4.69) is 47.2 Å². The molecule has 0 radical (unpaired) electrons. The minimum absolute atomic E-state index is 0.0399. The molecule has 1 fully saturated rings. The summed E-state index contributed by atoms with van der Waals surface area (Å²) >= 11 is 3.42. The fraction of sp³-hybridized carbons (Fsp3) is 0.455. The summed E-state index contributed by atoms with van der Waals surface area (Å²) in [6.07, 6.45) is 0.0399. The molecule has 1 unspecified atom stereocenters. The van der Waals surface area contributed by atoms with Crippen LogP contribution in [0.3, 0.4) is 0 Å². The molecule has 1 atom stereocenters. The van der Waals surface area contributed by atoms with Gasteiger partial charge in [-0.2, -0.15) is 0 Å². The van der Waals surface area contributed by atoms with Gasteiger partial charge in [0.25, 0.3) is 0 Å². The van der Waals surface area contributed by atoms with Crippen LogP contribution in [0.25, 0.3) is 0 Å². The average molecular weight is 256 g/mol. The van der Waals surface area contributed by atoms with Crippen molar-refractivity contribution in [3.63, 3.8) is 0 Å². The van der Waals surface area contributed by atoms with Crippen LogP contribution in [0, 0.1) is 0 Å². The quantitative estimate of drug-likeness (QED) is 0.834. The molecule has 0 saturated carbocycles. The molecule has 3 heteroatoms. The van der Waals surface area contributed by atoms with Crippen LogP contribution in [0.15, 0.2) is 28.7 Å². The predicted octanol–water partition coefficient (Wildman–Crippen LogP) is 2.85. The van der Waals surface area contributed by atoms with Crippen LogP contribution in [0.1, 0.15) is 25.6 Å². The molecule has 1 aromatic carbocycles. The van der Waals surface area contributed by atoms with Crippen molar-refractivity contribution in [2.24, 2.45) is 0 Å². The van der Waals surface area contributed by atoms with Crippen molar-refractivity contribution in [2.45, 2.75) is 25.7 Å². The van der Waals surface area contributed by atoms with Gasteiger partial charge in [-0.25, -0.2) is 0 Å². The lowest BCUT2D eigenvalue weighted by molar-refractivity contribution is -0.0156. The fourth-order valence-corrected chi connectivity index (χ4v) is 1.83. The molecule has 1 aliphatic heterocycles. The first-order valence-corrected chi connectivity index (χ1v) is 5.53. The molecule has 0 amide bonds. The van der Waals surface area contributed by atoms with Crippen molar-refractivity contribution in [1.29, 1.82) is 0 Å². The maximum absolute atomic E-state index is 5.85. The van der Waals surface area contributed by atoms with E-state index in [1.54, 1.807) is 0 Å². The zero-order chi connectivity index (χ0) is 10.2. The summed E-state index contributed by atoms with van der Waals surface area (Å²) in [7, 11) is 0. The smallest absolute Gasteiger partial charge is 0.135 e. The first kappa shape index (κ1) is 10.1. The lowest BCUT2D eigenvalue weighted by Gasteiger charge is -2.17. The molecule has 1 N–H and O–H groups in total. The number of rotatable bonds is 1. The minimum Gasteiger partial charge on any atom is -0.352 e. The SMILES string of the molecule is CC1(C)CNC(c2ccc(Br)cc2)O1. The highest BCUT2D eigenvalue weighted by Gasteiger charge is 2.31. The van der Waals surface area contributed by atoms with Gasteiger partial charge in [0.1, 0.15) is 6.23 Å². The number of hydrogen-bond donors (Lipinski definition) is 1. The van der Waals surface area contributed by atoms with Gasteiger partial charge < -0.3 is 4.74 Å². The van der Waals surface area contributed by atoms with Crippen LogP contribution >= 0.6 is 15.9 Å². The molecule has 1 saturated heterocycles. The standard InChI is InChI=1S/C11H14BrNO/c1-11(2)7-13-10(14-11)8-3-5-9(12)6-4-8/h3-6,10,13H,7H2,1-2H3. The summed E-state index contributed by atoms with van der Waals surface area (Å²) in [5.41, 5.74) is 1.12. The van der Waals surface area contributed by atoms with E-state index < -0.39 is 0 Å². The summed E-state index contributed by atoms with van der Waals surface area (Å²) in [5, 5.41) is 3.35. The van der Waals surface area contributed by atoms with Gasteiger partial charge in [0.15, 0.2) is 0 Å². The normalized spacial score (nSPS) is 25.2. The fourth-order valence-electron chi connectivity index (χ4n) is 1.56. The Morgan fingerprint density at radius 1 is 1.36 bits per heavy atom. The number of halogens is 1. The van der Waals surface area contributed by atoms with Crippen LogP contribution in [0.4, 0.5) is 0 Å². The zero-order valence-corrected chi connectivity index (χ0v) is 9.97. The van der Waals surface area contributed by atoms with Crippen molar-refractivity contribution < 1.29 is 4.74 Å². The minimum atomic E-state index is -0.0578. The van der Waals surface area contributed by atoms with Gasteiger partial charge in [-0.15, -0.1) is 0 Å². The number of benzene rings is 1. The van der Waals surface area contributed by atoms with E-state index in [0.29, 0.717) is 0 Å². The van der Waals surface area contributed by atoms with E-state index in [4.69, 9.17) is 4.74 Å². The van der Waals surface area contributed by atoms with Gasteiger partial charge >= 0.3 is 0 Å². The van der Waals surface area contributed by atoms with Gasteiger partial charge in [0.2, 0.25) is 0 Å². The van der Waals surface area contributed by atoms with Crippen LogP contribution in [0.2, 0.25) is 0 Å². The Balaban J connectivity index is 2.14. The second-order valence-electron chi connectivity index (χ2n) is 4.19.